The second-order valence-corrected chi connectivity index (χ2v) is 3.44. The molecule has 0 fully saturated rings. The Kier molecular flexibility index (Phi) is 1.96. The Morgan fingerprint density at radius 2 is 2.38 bits per heavy atom. The van der Waals surface area contributed by atoms with E-state index in [9.17, 15) is 4.39 Å². The van der Waals surface area contributed by atoms with Crippen LogP contribution < -0.4 is 10.5 Å². The third-order valence-corrected chi connectivity index (χ3v) is 2.35. The average Bonchev–Trinajstić information content (AvgIpc) is 2.49. The van der Waals surface area contributed by atoms with Gasteiger partial charge in [0.2, 0.25) is 0 Å². The highest BCUT2D eigenvalue weighted by Crippen LogP contribution is 2.31. The fourth-order valence-corrected chi connectivity index (χ4v) is 1.55. The van der Waals surface area contributed by atoms with Crippen LogP contribution in [0.2, 0.25) is 0 Å². The Hall–Kier alpha value is -1.09. The van der Waals surface area contributed by atoms with E-state index in [1.807, 2.05) is 6.92 Å². The van der Waals surface area contributed by atoms with Crippen molar-refractivity contribution in [2.24, 2.45) is 5.73 Å². The van der Waals surface area contributed by atoms with Crippen LogP contribution >= 0.6 is 0 Å². The molecule has 13 heavy (non-hydrogen) atoms. The number of halogens is 1. The molecule has 1 aliphatic heterocycles. The van der Waals surface area contributed by atoms with E-state index in [1.165, 1.54) is 6.07 Å². The van der Waals surface area contributed by atoms with Crippen molar-refractivity contribution in [2.75, 3.05) is 0 Å². The van der Waals surface area contributed by atoms with Crippen molar-refractivity contribution in [3.8, 4) is 5.75 Å². The van der Waals surface area contributed by atoms with Gasteiger partial charge >= 0.3 is 0 Å². The molecule has 0 spiro atoms. The van der Waals surface area contributed by atoms with Gasteiger partial charge in [0.25, 0.3) is 0 Å². The normalized spacial score (nSPS) is 22.2. The predicted octanol–water partition coefficient (Wildman–Crippen LogP) is 1.48. The van der Waals surface area contributed by atoms with Gasteiger partial charge < -0.3 is 10.5 Å². The molecule has 0 saturated carbocycles. The molecule has 1 heterocycles. The molecular formula is C10H12FNO. The van der Waals surface area contributed by atoms with Crippen LogP contribution in [0.3, 0.4) is 0 Å². The van der Waals surface area contributed by atoms with Crippen molar-refractivity contribution in [2.45, 2.75) is 25.5 Å². The van der Waals surface area contributed by atoms with Gasteiger partial charge in [-0.05, 0) is 19.1 Å². The Labute approximate surface area is 76.5 Å². The highest BCUT2D eigenvalue weighted by molar-refractivity contribution is 5.38. The lowest BCUT2D eigenvalue weighted by atomic mass is 10.1. The van der Waals surface area contributed by atoms with Crippen molar-refractivity contribution in [1.29, 1.82) is 0 Å². The van der Waals surface area contributed by atoms with Gasteiger partial charge in [0.05, 0.1) is 0 Å². The predicted molar refractivity (Wildman–Crippen MR) is 48.2 cm³/mol. The number of hydrogen-bond acceptors (Lipinski definition) is 2. The van der Waals surface area contributed by atoms with E-state index in [0.717, 1.165) is 0 Å². The number of hydrogen-bond donors (Lipinski definition) is 1. The summed E-state index contributed by atoms with van der Waals surface area (Å²) >= 11 is 0. The maximum Gasteiger partial charge on any atom is 0.130 e. The lowest BCUT2D eigenvalue weighted by molar-refractivity contribution is 0.206. The molecule has 1 aromatic rings. The standard InChI is InChI=1S/C10H12FNO/c1-6(12)10-5-7-8(11)3-2-4-9(7)13-10/h2-4,6,10H,5,12H2,1H3. The summed E-state index contributed by atoms with van der Waals surface area (Å²) < 4.78 is 18.7. The van der Waals surface area contributed by atoms with Crippen molar-refractivity contribution in [1.82, 2.24) is 0 Å². The van der Waals surface area contributed by atoms with E-state index < -0.39 is 0 Å². The summed E-state index contributed by atoms with van der Waals surface area (Å²) in [5.74, 6) is 0.447. The molecule has 3 heteroatoms. The van der Waals surface area contributed by atoms with Gasteiger partial charge in [0.1, 0.15) is 17.7 Å². The minimum atomic E-state index is -0.194. The average molecular weight is 181 g/mol. The van der Waals surface area contributed by atoms with Crippen molar-refractivity contribution in [3.05, 3.63) is 29.6 Å². The maximum atomic E-state index is 13.2. The second kappa shape index (κ2) is 3.00. The molecule has 2 N–H and O–H groups in total. The zero-order valence-corrected chi connectivity index (χ0v) is 7.46. The number of nitrogens with two attached hydrogens (primary N) is 1. The Morgan fingerprint density at radius 1 is 1.62 bits per heavy atom. The first-order chi connectivity index (χ1) is 6.18. The SMILES string of the molecule is CC(N)C1Cc2c(F)cccc2O1. The molecule has 2 rings (SSSR count). The fraction of sp³-hybridized carbons (Fsp3) is 0.400. The minimum absolute atomic E-state index is 0.0631. The molecule has 0 radical (unpaired) electrons. The molecule has 2 nitrogen and oxygen atoms in total. The molecule has 0 aromatic heterocycles. The Balaban J connectivity index is 2.30. The molecular weight excluding hydrogens is 169 g/mol. The first kappa shape index (κ1) is 8.51. The smallest absolute Gasteiger partial charge is 0.130 e. The largest absolute Gasteiger partial charge is 0.488 e. The van der Waals surface area contributed by atoms with Crippen LogP contribution in [0.25, 0.3) is 0 Å². The topological polar surface area (TPSA) is 35.2 Å². The Morgan fingerprint density at radius 3 is 3.00 bits per heavy atom. The highest BCUT2D eigenvalue weighted by Gasteiger charge is 2.27. The van der Waals surface area contributed by atoms with Gasteiger partial charge in [-0.15, -0.1) is 0 Å². The number of fused-ring (bicyclic) bond motifs is 1. The summed E-state index contributed by atoms with van der Waals surface area (Å²) in [6.45, 7) is 1.87. The van der Waals surface area contributed by atoms with E-state index in [4.69, 9.17) is 10.5 Å². The van der Waals surface area contributed by atoms with Crippen LogP contribution in [-0.4, -0.2) is 12.1 Å². The third-order valence-electron chi connectivity index (χ3n) is 2.35. The second-order valence-electron chi connectivity index (χ2n) is 3.44. The molecule has 1 aliphatic rings. The first-order valence-electron chi connectivity index (χ1n) is 4.38. The van der Waals surface area contributed by atoms with Crippen LogP contribution in [0, 0.1) is 5.82 Å². The van der Waals surface area contributed by atoms with Gasteiger partial charge in [0.15, 0.2) is 0 Å². The fourth-order valence-electron chi connectivity index (χ4n) is 1.55. The number of benzene rings is 1. The van der Waals surface area contributed by atoms with E-state index >= 15 is 0 Å². The zero-order valence-electron chi connectivity index (χ0n) is 7.46. The summed E-state index contributed by atoms with van der Waals surface area (Å²) in [5, 5.41) is 0. The summed E-state index contributed by atoms with van der Waals surface area (Å²) in [6.07, 6.45) is 0.506. The van der Waals surface area contributed by atoms with Crippen LogP contribution in [0.5, 0.6) is 5.75 Å². The highest BCUT2D eigenvalue weighted by atomic mass is 19.1. The van der Waals surface area contributed by atoms with Gasteiger partial charge in [-0.25, -0.2) is 4.39 Å². The monoisotopic (exact) mass is 181 g/mol. The minimum Gasteiger partial charge on any atom is -0.488 e. The molecule has 2 atom stereocenters. The Bertz CT molecular complexity index is 325. The third kappa shape index (κ3) is 1.40. The summed E-state index contributed by atoms with van der Waals surface area (Å²) in [4.78, 5) is 0. The molecule has 0 saturated heterocycles. The van der Waals surface area contributed by atoms with E-state index in [2.05, 4.69) is 0 Å². The van der Waals surface area contributed by atoms with Gasteiger partial charge in [-0.3, -0.25) is 0 Å². The zero-order chi connectivity index (χ0) is 9.42. The van der Waals surface area contributed by atoms with Crippen molar-refractivity contribution >= 4 is 0 Å². The van der Waals surface area contributed by atoms with Crippen LogP contribution in [0.4, 0.5) is 4.39 Å². The van der Waals surface area contributed by atoms with Gasteiger partial charge in [-0.1, -0.05) is 6.07 Å². The summed E-state index contributed by atoms with van der Waals surface area (Å²) in [5.41, 5.74) is 6.34. The summed E-state index contributed by atoms with van der Waals surface area (Å²) in [6, 6.07) is 4.82. The molecule has 0 amide bonds. The van der Waals surface area contributed by atoms with E-state index in [0.29, 0.717) is 17.7 Å². The quantitative estimate of drug-likeness (QED) is 0.712. The van der Waals surface area contributed by atoms with Crippen LogP contribution in [-0.2, 0) is 6.42 Å². The molecule has 0 aliphatic carbocycles. The molecule has 2 unspecified atom stereocenters. The van der Waals surface area contributed by atoms with Crippen LogP contribution in [0.15, 0.2) is 18.2 Å². The van der Waals surface area contributed by atoms with Crippen molar-refractivity contribution in [3.63, 3.8) is 0 Å². The van der Waals surface area contributed by atoms with Crippen molar-refractivity contribution < 1.29 is 9.13 Å². The lowest BCUT2D eigenvalue weighted by Gasteiger charge is -2.13. The maximum absolute atomic E-state index is 13.2. The van der Waals surface area contributed by atoms with Crippen LogP contribution in [0.1, 0.15) is 12.5 Å². The summed E-state index contributed by atoms with van der Waals surface area (Å²) in [7, 11) is 0. The lowest BCUT2D eigenvalue weighted by Crippen LogP contribution is -2.34. The van der Waals surface area contributed by atoms with E-state index in [-0.39, 0.29) is 18.0 Å². The van der Waals surface area contributed by atoms with E-state index in [1.54, 1.807) is 12.1 Å². The number of ether oxygens (including phenoxy) is 1. The number of rotatable bonds is 1. The molecule has 0 bridgehead atoms. The molecule has 70 valence electrons. The molecule has 1 aromatic carbocycles. The van der Waals surface area contributed by atoms with Gasteiger partial charge in [0, 0.05) is 18.0 Å². The van der Waals surface area contributed by atoms with Gasteiger partial charge in [-0.2, -0.15) is 0 Å². The first-order valence-corrected chi connectivity index (χ1v) is 4.38.